The number of fused-ring (bicyclic) bond motifs is 5. The third-order valence-electron chi connectivity index (χ3n) is 7.43. The van der Waals surface area contributed by atoms with Crippen LogP contribution in [-0.2, 0) is 4.79 Å². The van der Waals surface area contributed by atoms with Crippen LogP contribution in [0, 0.1) is 28.6 Å². The monoisotopic (exact) mass is 310 g/mol. The van der Waals surface area contributed by atoms with E-state index in [0.29, 0.717) is 17.8 Å². The van der Waals surface area contributed by atoms with Crippen LogP contribution >= 0.6 is 0 Å². The molecule has 3 fully saturated rings. The summed E-state index contributed by atoms with van der Waals surface area (Å²) in [5, 5.41) is 4.13. The lowest BCUT2D eigenvalue weighted by Gasteiger charge is -2.56. The van der Waals surface area contributed by atoms with Crippen LogP contribution in [0.4, 0.5) is 0 Å². The third kappa shape index (κ3) is 1.82. The van der Waals surface area contributed by atoms with E-state index in [1.807, 2.05) is 6.08 Å². The molecule has 0 heterocycles. The highest BCUT2D eigenvalue weighted by Crippen LogP contribution is 2.64. The fraction of sp³-hybridized carbons (Fsp3) is 0.600. The number of carbonyl (C=O) groups is 1. The molecule has 3 saturated carbocycles. The number of nitrogens with two attached hydrogens (primary N) is 1. The summed E-state index contributed by atoms with van der Waals surface area (Å²) >= 11 is 0. The first kappa shape index (κ1) is 14.9. The maximum Gasteiger partial charge on any atom is 0.178 e. The normalized spacial score (nSPS) is 47.1. The van der Waals surface area contributed by atoms with E-state index in [4.69, 9.17) is 5.84 Å². The van der Waals surface area contributed by atoms with Crippen molar-refractivity contribution in [2.45, 2.75) is 46.0 Å². The molecule has 0 aromatic carbocycles. The van der Waals surface area contributed by atoms with E-state index in [-0.39, 0.29) is 16.6 Å². The van der Waals surface area contributed by atoms with E-state index in [9.17, 15) is 4.79 Å². The maximum absolute atomic E-state index is 11.8. The molecule has 0 amide bonds. The highest BCUT2D eigenvalue weighted by Gasteiger charge is 2.58. The van der Waals surface area contributed by atoms with Crippen molar-refractivity contribution in [3.8, 4) is 0 Å². The van der Waals surface area contributed by atoms with Crippen molar-refractivity contribution in [1.82, 2.24) is 0 Å². The molecule has 0 aromatic rings. The second-order valence-corrected chi connectivity index (χ2v) is 8.33. The third-order valence-corrected chi connectivity index (χ3v) is 7.43. The van der Waals surface area contributed by atoms with Gasteiger partial charge in [0, 0.05) is 16.5 Å². The molecule has 0 bridgehead atoms. The summed E-state index contributed by atoms with van der Waals surface area (Å²) in [6.45, 7) is 9.01. The van der Waals surface area contributed by atoms with Crippen molar-refractivity contribution in [3.05, 3.63) is 36.0 Å². The van der Waals surface area contributed by atoms with Crippen LogP contribution in [0.3, 0.4) is 0 Å². The Hall–Kier alpha value is -1.64. The second-order valence-electron chi connectivity index (χ2n) is 8.33. The topological polar surface area (TPSA) is 55.4 Å². The van der Waals surface area contributed by atoms with Crippen LogP contribution in [0.1, 0.15) is 46.0 Å². The van der Waals surface area contributed by atoms with Crippen LogP contribution in [0.15, 0.2) is 41.1 Å². The van der Waals surface area contributed by atoms with Gasteiger partial charge in [0.05, 0.1) is 0 Å². The lowest BCUT2D eigenvalue weighted by molar-refractivity contribution is -0.110. The number of rotatable bonds is 0. The molecule has 3 heteroatoms. The number of carbonyl (C=O) groups excluding carboxylic acids is 1. The van der Waals surface area contributed by atoms with Crippen molar-refractivity contribution < 1.29 is 4.79 Å². The highest BCUT2D eigenvalue weighted by atomic mass is 16.1. The first-order chi connectivity index (χ1) is 10.9. The van der Waals surface area contributed by atoms with Gasteiger partial charge in [0.1, 0.15) is 0 Å². The van der Waals surface area contributed by atoms with Crippen LogP contribution in [0.2, 0.25) is 0 Å². The molecule has 122 valence electrons. The molecule has 0 aliphatic heterocycles. The van der Waals surface area contributed by atoms with Gasteiger partial charge in [0.25, 0.3) is 0 Å². The Morgan fingerprint density at radius 1 is 1.30 bits per heavy atom. The molecule has 0 unspecified atom stereocenters. The van der Waals surface area contributed by atoms with Gasteiger partial charge in [-0.15, -0.1) is 0 Å². The minimum absolute atomic E-state index is 0.0299. The van der Waals surface area contributed by atoms with Crippen molar-refractivity contribution >= 4 is 11.5 Å². The van der Waals surface area contributed by atoms with Crippen LogP contribution in [0.5, 0.6) is 0 Å². The molecule has 0 aromatic heterocycles. The van der Waals surface area contributed by atoms with Gasteiger partial charge in [-0.05, 0) is 67.6 Å². The first-order valence-corrected chi connectivity index (χ1v) is 8.81. The molecule has 0 radical (unpaired) electrons. The number of nitrogens with zero attached hydrogens (tertiary/aromatic N) is 1. The van der Waals surface area contributed by atoms with E-state index in [0.717, 1.165) is 24.8 Å². The number of ketones is 1. The van der Waals surface area contributed by atoms with E-state index in [2.05, 4.69) is 31.6 Å². The summed E-state index contributed by atoms with van der Waals surface area (Å²) in [5.74, 6) is 7.65. The molecular weight excluding hydrogens is 284 g/mol. The Morgan fingerprint density at radius 3 is 2.83 bits per heavy atom. The number of hydrogen-bond donors (Lipinski definition) is 1. The highest BCUT2D eigenvalue weighted by molar-refractivity contribution is 6.02. The zero-order valence-electron chi connectivity index (χ0n) is 14.1. The summed E-state index contributed by atoms with van der Waals surface area (Å²) in [6, 6.07) is 0. The summed E-state index contributed by atoms with van der Waals surface area (Å²) < 4.78 is 0. The molecule has 4 rings (SSSR count). The first-order valence-electron chi connectivity index (χ1n) is 8.81. The molecule has 4 aliphatic rings. The largest absolute Gasteiger partial charge is 0.323 e. The van der Waals surface area contributed by atoms with E-state index in [1.54, 1.807) is 6.08 Å². The summed E-state index contributed by atoms with van der Waals surface area (Å²) in [4.78, 5) is 11.8. The van der Waals surface area contributed by atoms with Gasteiger partial charge in [-0.25, -0.2) is 0 Å². The van der Waals surface area contributed by atoms with Crippen molar-refractivity contribution in [3.63, 3.8) is 0 Å². The Balaban J connectivity index is 1.76. The lowest BCUT2D eigenvalue weighted by atomic mass is 9.48. The molecule has 5 atom stereocenters. The number of hydrazone groups is 1. The predicted octanol–water partition coefficient (Wildman–Crippen LogP) is 3.78. The minimum atomic E-state index is -0.0299. The van der Waals surface area contributed by atoms with Crippen molar-refractivity contribution in [2.24, 2.45) is 39.5 Å². The SMILES string of the molecule is C=C1C[C@@H]2[C@H](CC[C@]3(C)/C(=N\N)CC[C@@H]23)[C@@]2(C)C=CC(=O)C=C12. The Kier molecular flexibility index (Phi) is 3.04. The van der Waals surface area contributed by atoms with Crippen LogP contribution in [-0.4, -0.2) is 11.5 Å². The number of hydrogen-bond acceptors (Lipinski definition) is 3. The van der Waals surface area contributed by atoms with Gasteiger partial charge >= 0.3 is 0 Å². The van der Waals surface area contributed by atoms with Gasteiger partial charge in [0.15, 0.2) is 5.78 Å². The van der Waals surface area contributed by atoms with Gasteiger partial charge < -0.3 is 5.84 Å². The quantitative estimate of drug-likeness (QED) is 0.547. The van der Waals surface area contributed by atoms with Gasteiger partial charge in [-0.3, -0.25) is 4.79 Å². The van der Waals surface area contributed by atoms with Crippen molar-refractivity contribution in [2.75, 3.05) is 0 Å². The fourth-order valence-corrected chi connectivity index (χ4v) is 6.21. The lowest BCUT2D eigenvalue weighted by Crippen LogP contribution is -2.50. The van der Waals surface area contributed by atoms with Gasteiger partial charge in [0.2, 0.25) is 0 Å². The number of allylic oxidation sites excluding steroid dienone is 5. The average molecular weight is 310 g/mol. The van der Waals surface area contributed by atoms with E-state index >= 15 is 0 Å². The Morgan fingerprint density at radius 2 is 2.09 bits per heavy atom. The second kappa shape index (κ2) is 4.68. The van der Waals surface area contributed by atoms with Crippen molar-refractivity contribution in [1.29, 1.82) is 0 Å². The van der Waals surface area contributed by atoms with Gasteiger partial charge in [-0.2, -0.15) is 5.10 Å². The van der Waals surface area contributed by atoms with Crippen LogP contribution < -0.4 is 5.84 Å². The Labute approximate surface area is 138 Å². The predicted molar refractivity (Wildman–Crippen MR) is 92.8 cm³/mol. The van der Waals surface area contributed by atoms with E-state index < -0.39 is 0 Å². The summed E-state index contributed by atoms with van der Waals surface area (Å²) in [7, 11) is 0. The standard InChI is InChI=1S/C20H26N2O/c1-12-10-14-15-4-5-18(22-21)20(15,3)9-7-16(14)19(2)8-6-13(23)11-17(12)19/h6,8,11,14-16H,1,4-5,7,9-10,21H2,2-3H3/b22-18-/t14-,15-,16-,19+,20-/m0/s1. The van der Waals surface area contributed by atoms with Crippen LogP contribution in [0.25, 0.3) is 0 Å². The molecule has 2 N–H and O–H groups in total. The Bertz CT molecular complexity index is 686. The zero-order chi connectivity index (χ0) is 16.4. The molecule has 4 aliphatic carbocycles. The fourth-order valence-electron chi connectivity index (χ4n) is 6.21. The molecular formula is C20H26N2O. The minimum Gasteiger partial charge on any atom is -0.323 e. The van der Waals surface area contributed by atoms with E-state index in [1.165, 1.54) is 24.1 Å². The maximum atomic E-state index is 11.8. The van der Waals surface area contributed by atoms with Gasteiger partial charge in [-0.1, -0.05) is 32.1 Å². The summed E-state index contributed by atoms with van der Waals surface area (Å²) in [5.41, 5.74) is 3.70. The molecule has 0 saturated heterocycles. The average Bonchev–Trinajstić information content (AvgIpc) is 2.86. The summed E-state index contributed by atoms with van der Waals surface area (Å²) in [6.07, 6.45) is 11.3. The smallest absolute Gasteiger partial charge is 0.178 e. The molecule has 3 nitrogen and oxygen atoms in total. The molecule has 23 heavy (non-hydrogen) atoms. The zero-order valence-corrected chi connectivity index (χ0v) is 14.1. The molecule has 0 spiro atoms.